The maximum atomic E-state index is 12.7. The molecule has 21 heavy (non-hydrogen) atoms. The quantitative estimate of drug-likeness (QED) is 0.840. The number of ether oxygens (including phenoxy) is 1. The van der Waals surface area contributed by atoms with Gasteiger partial charge in [-0.15, -0.1) is 0 Å². The van der Waals surface area contributed by atoms with Crippen LogP contribution in [0.3, 0.4) is 0 Å². The molecule has 0 spiro atoms. The van der Waals surface area contributed by atoms with Gasteiger partial charge in [0.15, 0.2) is 0 Å². The second kappa shape index (κ2) is 6.87. The molecule has 0 aliphatic carbocycles. The van der Waals surface area contributed by atoms with Gasteiger partial charge in [-0.3, -0.25) is 5.10 Å². The van der Waals surface area contributed by atoms with Gasteiger partial charge < -0.3 is 4.74 Å². The van der Waals surface area contributed by atoms with Crippen molar-refractivity contribution in [1.29, 1.82) is 0 Å². The summed E-state index contributed by atoms with van der Waals surface area (Å²) in [4.78, 5) is 0. The average Bonchev–Trinajstić information content (AvgIpc) is 2.85. The number of nitrogens with one attached hydrogen (secondary N) is 1. The topological polar surface area (TPSA) is 78.5 Å². The fraction of sp³-hybridized carbons (Fsp3) is 0.769. The van der Waals surface area contributed by atoms with Crippen molar-refractivity contribution in [3.05, 3.63) is 17.5 Å². The zero-order chi connectivity index (χ0) is 15.5. The molecule has 7 nitrogen and oxygen atoms in total. The summed E-state index contributed by atoms with van der Waals surface area (Å²) >= 11 is 0. The summed E-state index contributed by atoms with van der Waals surface area (Å²) in [5, 5.41) is 6.76. The van der Waals surface area contributed by atoms with Crippen molar-refractivity contribution < 1.29 is 13.2 Å². The molecule has 0 bridgehead atoms. The van der Waals surface area contributed by atoms with Crippen LogP contribution in [-0.4, -0.2) is 61.1 Å². The van der Waals surface area contributed by atoms with Crippen molar-refractivity contribution in [2.45, 2.75) is 26.3 Å². The number of hydrogen-bond donors (Lipinski definition) is 1. The highest BCUT2D eigenvalue weighted by Gasteiger charge is 2.32. The molecule has 1 aliphatic rings. The largest absolute Gasteiger partial charge is 0.384 e. The number of nitrogens with zero attached hydrogens (tertiary/aromatic N) is 3. The Kier molecular flexibility index (Phi) is 5.37. The van der Waals surface area contributed by atoms with E-state index in [2.05, 4.69) is 10.2 Å². The zero-order valence-electron chi connectivity index (χ0n) is 12.9. The van der Waals surface area contributed by atoms with E-state index in [0.717, 1.165) is 24.1 Å². The highest BCUT2D eigenvalue weighted by atomic mass is 32.2. The van der Waals surface area contributed by atoms with Crippen LogP contribution in [0.1, 0.15) is 24.1 Å². The van der Waals surface area contributed by atoms with Gasteiger partial charge in [-0.1, -0.05) is 0 Å². The van der Waals surface area contributed by atoms with Gasteiger partial charge in [-0.2, -0.15) is 22.1 Å². The Hall–Kier alpha value is -0.960. The Morgan fingerprint density at radius 1 is 1.57 bits per heavy atom. The van der Waals surface area contributed by atoms with Crippen LogP contribution >= 0.6 is 0 Å². The standard InChI is InChI=1S/C13H24N4O3S/c1-11-13(7-14-15-11)9-16(2)21(18,19)17-6-4-5-12(8-17)10-20-3/h7,12H,4-6,8-10H2,1-3H3,(H,14,15). The minimum Gasteiger partial charge on any atom is -0.384 e. The smallest absolute Gasteiger partial charge is 0.282 e. The van der Waals surface area contributed by atoms with Crippen LogP contribution in [0.25, 0.3) is 0 Å². The number of aromatic nitrogens is 2. The van der Waals surface area contributed by atoms with Crippen LogP contribution in [0.15, 0.2) is 6.20 Å². The Labute approximate surface area is 126 Å². The normalized spacial score (nSPS) is 21.0. The van der Waals surface area contributed by atoms with Crippen molar-refractivity contribution in [2.24, 2.45) is 5.92 Å². The van der Waals surface area contributed by atoms with E-state index >= 15 is 0 Å². The van der Waals surface area contributed by atoms with Crippen molar-refractivity contribution in [3.8, 4) is 0 Å². The van der Waals surface area contributed by atoms with Gasteiger partial charge in [0, 0.05) is 45.0 Å². The molecule has 1 fully saturated rings. The number of H-pyrrole nitrogens is 1. The maximum absolute atomic E-state index is 12.7. The van der Waals surface area contributed by atoms with Gasteiger partial charge in [0.05, 0.1) is 12.8 Å². The summed E-state index contributed by atoms with van der Waals surface area (Å²) in [5.74, 6) is 0.280. The van der Waals surface area contributed by atoms with Crippen molar-refractivity contribution in [1.82, 2.24) is 18.8 Å². The third-order valence-electron chi connectivity index (χ3n) is 3.93. The summed E-state index contributed by atoms with van der Waals surface area (Å²) in [6, 6.07) is 0. The molecular formula is C13H24N4O3S. The molecule has 1 saturated heterocycles. The minimum absolute atomic E-state index is 0.280. The number of aryl methyl sites for hydroxylation is 1. The van der Waals surface area contributed by atoms with Crippen LogP contribution < -0.4 is 0 Å². The summed E-state index contributed by atoms with van der Waals surface area (Å²) < 4.78 is 33.4. The lowest BCUT2D eigenvalue weighted by atomic mass is 10.0. The van der Waals surface area contributed by atoms with Crippen LogP contribution in [0.5, 0.6) is 0 Å². The predicted octanol–water partition coefficient (Wildman–Crippen LogP) is 0.753. The second-order valence-corrected chi connectivity index (χ2v) is 7.64. The van der Waals surface area contributed by atoms with E-state index < -0.39 is 10.2 Å². The van der Waals surface area contributed by atoms with Crippen LogP contribution in [0.4, 0.5) is 0 Å². The molecule has 2 rings (SSSR count). The molecule has 1 atom stereocenters. The Balaban J connectivity index is 2.04. The fourth-order valence-electron chi connectivity index (χ4n) is 2.66. The monoisotopic (exact) mass is 316 g/mol. The van der Waals surface area contributed by atoms with E-state index in [4.69, 9.17) is 4.74 Å². The van der Waals surface area contributed by atoms with Gasteiger partial charge >= 0.3 is 0 Å². The van der Waals surface area contributed by atoms with Crippen molar-refractivity contribution >= 4 is 10.2 Å². The van der Waals surface area contributed by atoms with E-state index in [1.165, 1.54) is 4.31 Å². The fourth-order valence-corrected chi connectivity index (χ4v) is 4.12. The summed E-state index contributed by atoms with van der Waals surface area (Å²) in [7, 11) is -0.170. The van der Waals surface area contributed by atoms with Crippen LogP contribution in [0, 0.1) is 12.8 Å². The first-order chi connectivity index (χ1) is 9.95. The van der Waals surface area contributed by atoms with E-state index in [-0.39, 0.29) is 5.92 Å². The first kappa shape index (κ1) is 16.4. The number of piperidine rings is 1. The summed E-state index contributed by atoms with van der Waals surface area (Å²) in [5.41, 5.74) is 1.79. The molecule has 120 valence electrons. The molecule has 1 unspecified atom stereocenters. The molecule has 0 aromatic carbocycles. The maximum Gasteiger partial charge on any atom is 0.282 e. The third kappa shape index (κ3) is 3.82. The predicted molar refractivity (Wildman–Crippen MR) is 79.9 cm³/mol. The molecule has 0 amide bonds. The van der Waals surface area contributed by atoms with E-state index in [9.17, 15) is 8.42 Å². The molecule has 8 heteroatoms. The molecule has 0 radical (unpaired) electrons. The lowest BCUT2D eigenvalue weighted by Gasteiger charge is -2.34. The minimum atomic E-state index is -3.44. The molecule has 2 heterocycles. The van der Waals surface area contributed by atoms with Gasteiger partial charge in [0.2, 0.25) is 0 Å². The number of aromatic amines is 1. The van der Waals surface area contributed by atoms with Crippen molar-refractivity contribution in [2.75, 3.05) is 33.9 Å². The molecule has 0 saturated carbocycles. The molecule has 1 aromatic heterocycles. The Bertz CT molecular complexity index is 556. The van der Waals surface area contributed by atoms with Crippen LogP contribution in [-0.2, 0) is 21.5 Å². The number of rotatable bonds is 6. The molecule has 1 N–H and O–H groups in total. The zero-order valence-corrected chi connectivity index (χ0v) is 13.7. The second-order valence-electron chi connectivity index (χ2n) is 5.61. The Morgan fingerprint density at radius 2 is 2.33 bits per heavy atom. The SMILES string of the molecule is COCC1CCCN(S(=O)(=O)N(C)Cc2cn[nH]c2C)C1. The molecule has 1 aliphatic heterocycles. The van der Waals surface area contributed by atoms with Gasteiger partial charge in [0.1, 0.15) is 0 Å². The van der Waals surface area contributed by atoms with Crippen LogP contribution in [0.2, 0.25) is 0 Å². The van der Waals surface area contributed by atoms with E-state index in [1.54, 1.807) is 24.7 Å². The summed E-state index contributed by atoms with van der Waals surface area (Å²) in [6.07, 6.45) is 3.57. The Morgan fingerprint density at radius 3 is 2.95 bits per heavy atom. The first-order valence-corrected chi connectivity index (χ1v) is 8.54. The number of hydrogen-bond acceptors (Lipinski definition) is 4. The number of methoxy groups -OCH3 is 1. The first-order valence-electron chi connectivity index (χ1n) is 7.14. The third-order valence-corrected chi connectivity index (χ3v) is 5.83. The highest BCUT2D eigenvalue weighted by Crippen LogP contribution is 2.22. The van der Waals surface area contributed by atoms with E-state index in [1.807, 2.05) is 6.92 Å². The van der Waals surface area contributed by atoms with Gasteiger partial charge in [0.25, 0.3) is 10.2 Å². The van der Waals surface area contributed by atoms with Gasteiger partial charge in [-0.25, -0.2) is 0 Å². The molecular weight excluding hydrogens is 292 g/mol. The summed E-state index contributed by atoms with van der Waals surface area (Å²) in [6.45, 7) is 3.94. The van der Waals surface area contributed by atoms with Gasteiger partial charge in [-0.05, 0) is 25.7 Å². The average molecular weight is 316 g/mol. The lowest BCUT2D eigenvalue weighted by Crippen LogP contribution is -2.47. The van der Waals surface area contributed by atoms with Crippen molar-refractivity contribution in [3.63, 3.8) is 0 Å². The lowest BCUT2D eigenvalue weighted by molar-refractivity contribution is 0.116. The highest BCUT2D eigenvalue weighted by molar-refractivity contribution is 7.86. The molecule has 1 aromatic rings. The van der Waals surface area contributed by atoms with E-state index in [0.29, 0.717) is 26.2 Å².